The number of allylic oxidation sites excluding steroid dienone is 2. The lowest BCUT2D eigenvalue weighted by atomic mass is 9.85. The predicted octanol–water partition coefficient (Wildman–Crippen LogP) is 7.45. The average molecular weight is 384 g/mol. The molecule has 150 valence electrons. The minimum atomic E-state index is -4.72. The molecule has 27 heavy (non-hydrogen) atoms. The van der Waals surface area contributed by atoms with Crippen molar-refractivity contribution in [3.8, 4) is 0 Å². The molecule has 1 aliphatic carbocycles. The van der Waals surface area contributed by atoms with Crippen LogP contribution in [0.5, 0.6) is 0 Å². The van der Waals surface area contributed by atoms with Gasteiger partial charge in [-0.3, -0.25) is 4.74 Å². The molecule has 1 aliphatic rings. The first-order valence-corrected chi connectivity index (χ1v) is 9.75. The molecule has 1 aromatic carbocycles. The van der Waals surface area contributed by atoms with Crippen molar-refractivity contribution >= 4 is 0 Å². The van der Waals surface area contributed by atoms with Crippen LogP contribution in [0.2, 0.25) is 0 Å². The number of halogens is 4. The van der Waals surface area contributed by atoms with E-state index in [0.29, 0.717) is 12.0 Å². The molecule has 0 fully saturated rings. The van der Waals surface area contributed by atoms with E-state index in [4.69, 9.17) is 0 Å². The quantitative estimate of drug-likeness (QED) is 0.231. The fourth-order valence-corrected chi connectivity index (χ4v) is 3.47. The summed E-state index contributed by atoms with van der Waals surface area (Å²) in [6.45, 7) is 2.15. The van der Waals surface area contributed by atoms with Crippen molar-refractivity contribution in [3.05, 3.63) is 60.0 Å². The molecule has 5 heteroatoms. The number of benzene rings is 1. The Bertz CT molecular complexity index is 619. The normalized spacial score (nSPS) is 22.3. The highest BCUT2D eigenvalue weighted by Crippen LogP contribution is 2.37. The first-order chi connectivity index (χ1) is 12.9. The Morgan fingerprint density at radius 2 is 1.52 bits per heavy atom. The highest BCUT2D eigenvalue weighted by Gasteiger charge is 2.41. The molecule has 0 radical (unpaired) electrons. The van der Waals surface area contributed by atoms with Crippen LogP contribution in [-0.4, -0.2) is 12.0 Å². The fourth-order valence-electron chi connectivity index (χ4n) is 3.47. The first kappa shape index (κ1) is 21.7. The van der Waals surface area contributed by atoms with E-state index in [-0.39, 0.29) is 18.2 Å². The van der Waals surface area contributed by atoms with Gasteiger partial charge in [-0.2, -0.15) is 0 Å². The highest BCUT2D eigenvalue weighted by atomic mass is 19.4. The second-order valence-corrected chi connectivity index (χ2v) is 7.14. The summed E-state index contributed by atoms with van der Waals surface area (Å²) in [5.74, 6) is -0.752. The monoisotopic (exact) mass is 384 g/mol. The molecule has 0 saturated carbocycles. The number of alkyl halides is 3. The molecule has 0 unspecified atom stereocenters. The SMILES string of the molecule is CCCCCCCCCC1(OC(F)(F)F)C=CC(c2ccccc2F)C=C1. The van der Waals surface area contributed by atoms with Crippen molar-refractivity contribution in [3.63, 3.8) is 0 Å². The molecule has 0 amide bonds. The second kappa shape index (κ2) is 10.1. The van der Waals surface area contributed by atoms with Gasteiger partial charge in [-0.05, 0) is 24.5 Å². The van der Waals surface area contributed by atoms with Crippen molar-refractivity contribution in [1.29, 1.82) is 0 Å². The lowest BCUT2D eigenvalue weighted by Gasteiger charge is -2.32. The van der Waals surface area contributed by atoms with Crippen molar-refractivity contribution in [2.45, 2.75) is 76.2 Å². The molecule has 0 N–H and O–H groups in total. The van der Waals surface area contributed by atoms with Crippen LogP contribution >= 0.6 is 0 Å². The summed E-state index contributed by atoms with van der Waals surface area (Å²) in [5.41, 5.74) is -1.05. The maximum Gasteiger partial charge on any atom is 0.523 e. The molecular weight excluding hydrogens is 356 g/mol. The molecule has 0 heterocycles. The molecule has 1 aromatic rings. The van der Waals surface area contributed by atoms with Crippen LogP contribution in [0.25, 0.3) is 0 Å². The lowest BCUT2D eigenvalue weighted by Crippen LogP contribution is -2.36. The highest BCUT2D eigenvalue weighted by molar-refractivity contribution is 5.36. The standard InChI is InChI=1S/C22H28F4O/c1-2-3-4-5-6-7-10-15-21(27-22(24,25)26)16-13-18(14-17-21)19-11-8-9-12-20(19)23/h8-9,11-14,16-18H,2-7,10,15H2,1H3. The van der Waals surface area contributed by atoms with Crippen LogP contribution in [0.15, 0.2) is 48.6 Å². The van der Waals surface area contributed by atoms with Gasteiger partial charge in [0.2, 0.25) is 0 Å². The Morgan fingerprint density at radius 1 is 0.926 bits per heavy atom. The van der Waals surface area contributed by atoms with Crippen LogP contribution in [0, 0.1) is 5.82 Å². The summed E-state index contributed by atoms with van der Waals surface area (Å²) in [6.07, 6.45) is 8.83. The summed E-state index contributed by atoms with van der Waals surface area (Å²) in [5, 5.41) is 0. The Kier molecular flexibility index (Phi) is 8.08. The van der Waals surface area contributed by atoms with E-state index in [0.717, 1.165) is 19.3 Å². The molecule has 0 bridgehead atoms. The van der Waals surface area contributed by atoms with Gasteiger partial charge in [-0.25, -0.2) is 4.39 Å². The molecular formula is C22H28F4O. The van der Waals surface area contributed by atoms with Crippen molar-refractivity contribution in [1.82, 2.24) is 0 Å². The van der Waals surface area contributed by atoms with Gasteiger partial charge in [0.1, 0.15) is 11.4 Å². The third kappa shape index (κ3) is 7.13. The van der Waals surface area contributed by atoms with Crippen LogP contribution < -0.4 is 0 Å². The van der Waals surface area contributed by atoms with E-state index in [1.165, 1.54) is 37.5 Å². The maximum absolute atomic E-state index is 13.9. The van der Waals surface area contributed by atoms with E-state index in [1.54, 1.807) is 30.4 Å². The van der Waals surface area contributed by atoms with Crippen molar-refractivity contribution in [2.75, 3.05) is 0 Å². The molecule has 0 aromatic heterocycles. The van der Waals surface area contributed by atoms with Gasteiger partial charge in [-0.15, -0.1) is 13.2 Å². The van der Waals surface area contributed by atoms with Gasteiger partial charge >= 0.3 is 6.36 Å². The topological polar surface area (TPSA) is 9.23 Å². The number of hydrogen-bond acceptors (Lipinski definition) is 1. The number of hydrogen-bond donors (Lipinski definition) is 0. The third-order valence-corrected chi connectivity index (χ3v) is 4.91. The molecule has 0 aliphatic heterocycles. The summed E-state index contributed by atoms with van der Waals surface area (Å²) in [6, 6.07) is 6.30. The Labute approximate surface area is 159 Å². The average Bonchev–Trinajstić information content (AvgIpc) is 2.61. The molecule has 0 saturated heterocycles. The van der Waals surface area contributed by atoms with Crippen LogP contribution in [0.1, 0.15) is 69.8 Å². The van der Waals surface area contributed by atoms with Crippen LogP contribution in [0.4, 0.5) is 17.6 Å². The summed E-state index contributed by atoms with van der Waals surface area (Å²) >= 11 is 0. The van der Waals surface area contributed by atoms with E-state index in [2.05, 4.69) is 11.7 Å². The fraction of sp³-hybridized carbons (Fsp3) is 0.545. The Hall–Kier alpha value is -1.62. The summed E-state index contributed by atoms with van der Waals surface area (Å²) < 4.78 is 57.2. The third-order valence-electron chi connectivity index (χ3n) is 4.91. The number of ether oxygens (including phenoxy) is 1. The van der Waals surface area contributed by atoms with Gasteiger partial charge in [0.15, 0.2) is 0 Å². The Balaban J connectivity index is 1.98. The van der Waals surface area contributed by atoms with E-state index < -0.39 is 12.0 Å². The van der Waals surface area contributed by atoms with Crippen LogP contribution in [-0.2, 0) is 4.74 Å². The molecule has 1 nitrogen and oxygen atoms in total. The summed E-state index contributed by atoms with van der Waals surface area (Å²) in [4.78, 5) is 0. The van der Waals surface area contributed by atoms with E-state index in [1.807, 2.05) is 0 Å². The molecule has 2 rings (SSSR count). The van der Waals surface area contributed by atoms with Gasteiger partial charge in [0.25, 0.3) is 0 Å². The van der Waals surface area contributed by atoms with Crippen LogP contribution in [0.3, 0.4) is 0 Å². The zero-order valence-electron chi connectivity index (χ0n) is 15.8. The second-order valence-electron chi connectivity index (χ2n) is 7.14. The maximum atomic E-state index is 13.9. The summed E-state index contributed by atoms with van der Waals surface area (Å²) in [7, 11) is 0. The Morgan fingerprint density at radius 3 is 2.11 bits per heavy atom. The number of unbranched alkanes of at least 4 members (excludes halogenated alkanes) is 6. The van der Waals surface area contributed by atoms with Crippen molar-refractivity contribution < 1.29 is 22.3 Å². The molecule has 0 spiro atoms. The largest absolute Gasteiger partial charge is 0.523 e. The zero-order chi connectivity index (χ0) is 19.8. The van der Waals surface area contributed by atoms with E-state index >= 15 is 0 Å². The zero-order valence-corrected chi connectivity index (χ0v) is 15.8. The van der Waals surface area contributed by atoms with Gasteiger partial charge < -0.3 is 0 Å². The van der Waals surface area contributed by atoms with E-state index in [9.17, 15) is 17.6 Å². The molecule has 0 atom stereocenters. The van der Waals surface area contributed by atoms with Gasteiger partial charge in [0.05, 0.1) is 0 Å². The lowest BCUT2D eigenvalue weighted by molar-refractivity contribution is -0.351. The number of rotatable bonds is 10. The smallest absolute Gasteiger partial charge is 0.277 e. The predicted molar refractivity (Wildman–Crippen MR) is 99.9 cm³/mol. The van der Waals surface area contributed by atoms with Gasteiger partial charge in [-0.1, -0.05) is 88.0 Å². The first-order valence-electron chi connectivity index (χ1n) is 9.75. The van der Waals surface area contributed by atoms with Gasteiger partial charge in [0, 0.05) is 5.92 Å². The minimum Gasteiger partial charge on any atom is -0.277 e. The minimum absolute atomic E-state index is 0.261. The van der Waals surface area contributed by atoms with Crippen molar-refractivity contribution in [2.24, 2.45) is 0 Å².